The number of fused-ring (bicyclic) bond motifs is 1. The highest BCUT2D eigenvalue weighted by Crippen LogP contribution is 2.32. The van der Waals surface area contributed by atoms with Gasteiger partial charge in [-0.1, -0.05) is 13.0 Å². The largest absolute Gasteiger partial charge is 0.344 e. The molecule has 0 saturated heterocycles. The van der Waals surface area contributed by atoms with Crippen molar-refractivity contribution in [2.75, 3.05) is 0 Å². The highest BCUT2D eigenvalue weighted by atomic mass is 32.1. The molecular formula is C17H20N2OS. The molecule has 2 heterocycles. The third-order valence-electron chi connectivity index (χ3n) is 4.13. The molecule has 0 radical (unpaired) electrons. The Kier molecular flexibility index (Phi) is 4.06. The van der Waals surface area contributed by atoms with Gasteiger partial charge in [0.1, 0.15) is 0 Å². The van der Waals surface area contributed by atoms with E-state index in [-0.39, 0.29) is 11.9 Å². The molecular weight excluding hydrogens is 280 g/mol. The van der Waals surface area contributed by atoms with Crippen molar-refractivity contribution in [3.63, 3.8) is 0 Å². The zero-order chi connectivity index (χ0) is 14.8. The minimum Gasteiger partial charge on any atom is -0.344 e. The predicted octanol–water partition coefficient (Wildman–Crippen LogP) is 3.76. The maximum Gasteiger partial charge on any atom is 0.252 e. The summed E-state index contributed by atoms with van der Waals surface area (Å²) in [6, 6.07) is 5.69. The summed E-state index contributed by atoms with van der Waals surface area (Å²) < 4.78 is 0. The summed E-state index contributed by atoms with van der Waals surface area (Å²) >= 11 is 1.73. The molecule has 1 aliphatic carbocycles. The Balaban J connectivity index is 1.75. The molecule has 0 spiro atoms. The average Bonchev–Trinajstić information content (AvgIpc) is 2.91. The van der Waals surface area contributed by atoms with E-state index in [0.717, 1.165) is 30.0 Å². The first-order chi connectivity index (χ1) is 10.1. The average molecular weight is 300 g/mol. The second kappa shape index (κ2) is 5.98. The smallest absolute Gasteiger partial charge is 0.252 e. The number of carbonyl (C=O) groups is 1. The van der Waals surface area contributed by atoms with Crippen LogP contribution in [0.25, 0.3) is 0 Å². The van der Waals surface area contributed by atoms with Gasteiger partial charge in [-0.05, 0) is 49.8 Å². The van der Waals surface area contributed by atoms with Gasteiger partial charge in [-0.25, -0.2) is 0 Å². The van der Waals surface area contributed by atoms with Gasteiger partial charge >= 0.3 is 0 Å². The number of pyridine rings is 1. The van der Waals surface area contributed by atoms with Gasteiger partial charge in [-0.15, -0.1) is 11.3 Å². The topological polar surface area (TPSA) is 42.0 Å². The van der Waals surface area contributed by atoms with Gasteiger partial charge in [0, 0.05) is 16.5 Å². The number of carbonyl (C=O) groups excluding carboxylic acids is 1. The maximum absolute atomic E-state index is 12.5. The molecule has 2 aromatic heterocycles. The number of aromatic nitrogens is 1. The van der Waals surface area contributed by atoms with Gasteiger partial charge in [-0.3, -0.25) is 9.78 Å². The molecule has 1 aliphatic rings. The van der Waals surface area contributed by atoms with Gasteiger partial charge < -0.3 is 5.32 Å². The van der Waals surface area contributed by atoms with E-state index in [2.05, 4.69) is 17.2 Å². The number of thiophene rings is 1. The monoisotopic (exact) mass is 300 g/mol. The van der Waals surface area contributed by atoms with Crippen molar-refractivity contribution in [3.8, 4) is 0 Å². The molecule has 4 heteroatoms. The Morgan fingerprint density at radius 3 is 3.10 bits per heavy atom. The van der Waals surface area contributed by atoms with Gasteiger partial charge in [0.15, 0.2) is 0 Å². The van der Waals surface area contributed by atoms with Crippen molar-refractivity contribution in [1.29, 1.82) is 0 Å². The molecule has 21 heavy (non-hydrogen) atoms. The van der Waals surface area contributed by atoms with Crippen molar-refractivity contribution in [2.24, 2.45) is 5.92 Å². The fraction of sp³-hybridized carbons (Fsp3) is 0.412. The standard InChI is InChI=1S/C17H20N2OS/c1-11-6-7-13-14(10-21-16(13)9-11)17(20)19-12(2)15-5-3-4-8-18-15/h3-5,8,10-12H,6-7,9H2,1-2H3,(H,19,20). The molecule has 1 amide bonds. The molecule has 110 valence electrons. The highest BCUT2D eigenvalue weighted by Gasteiger charge is 2.24. The quantitative estimate of drug-likeness (QED) is 0.938. The van der Waals surface area contributed by atoms with Gasteiger partial charge in [0.05, 0.1) is 17.3 Å². The fourth-order valence-electron chi connectivity index (χ4n) is 2.85. The highest BCUT2D eigenvalue weighted by molar-refractivity contribution is 7.10. The summed E-state index contributed by atoms with van der Waals surface area (Å²) in [5.74, 6) is 0.764. The van der Waals surface area contributed by atoms with E-state index < -0.39 is 0 Å². The van der Waals surface area contributed by atoms with Crippen LogP contribution in [0.1, 0.15) is 52.8 Å². The lowest BCUT2D eigenvalue weighted by Crippen LogP contribution is -2.28. The van der Waals surface area contributed by atoms with E-state index in [1.807, 2.05) is 30.5 Å². The SMILES string of the molecule is CC1CCc2c(C(=O)NC(C)c3ccccn3)csc2C1. The molecule has 3 nitrogen and oxygen atoms in total. The van der Waals surface area contributed by atoms with E-state index in [1.54, 1.807) is 17.5 Å². The van der Waals surface area contributed by atoms with Crippen molar-refractivity contribution in [1.82, 2.24) is 10.3 Å². The van der Waals surface area contributed by atoms with Gasteiger partial charge in [-0.2, -0.15) is 0 Å². The molecule has 0 aromatic carbocycles. The molecule has 2 aromatic rings. The van der Waals surface area contributed by atoms with E-state index >= 15 is 0 Å². The zero-order valence-corrected chi connectivity index (χ0v) is 13.2. The Bertz CT molecular complexity index is 635. The maximum atomic E-state index is 12.5. The summed E-state index contributed by atoms with van der Waals surface area (Å²) in [4.78, 5) is 18.2. The number of rotatable bonds is 3. The second-order valence-electron chi connectivity index (χ2n) is 5.85. The summed E-state index contributed by atoms with van der Waals surface area (Å²) in [7, 11) is 0. The Labute approximate surface area is 129 Å². The molecule has 0 saturated carbocycles. The predicted molar refractivity (Wildman–Crippen MR) is 85.6 cm³/mol. The summed E-state index contributed by atoms with van der Waals surface area (Å²) in [5, 5.41) is 5.08. The minimum atomic E-state index is -0.0724. The van der Waals surface area contributed by atoms with Crippen LogP contribution in [0.4, 0.5) is 0 Å². The van der Waals surface area contributed by atoms with Crippen LogP contribution in [0.5, 0.6) is 0 Å². The van der Waals surface area contributed by atoms with E-state index in [0.29, 0.717) is 0 Å². The molecule has 3 rings (SSSR count). The second-order valence-corrected chi connectivity index (χ2v) is 6.81. The van der Waals surface area contributed by atoms with Crippen LogP contribution >= 0.6 is 11.3 Å². The van der Waals surface area contributed by atoms with E-state index in [1.165, 1.54) is 16.9 Å². The van der Waals surface area contributed by atoms with Crippen LogP contribution in [-0.4, -0.2) is 10.9 Å². The van der Waals surface area contributed by atoms with Crippen LogP contribution in [-0.2, 0) is 12.8 Å². The van der Waals surface area contributed by atoms with Crippen LogP contribution in [0, 0.1) is 5.92 Å². The third-order valence-corrected chi connectivity index (χ3v) is 5.18. The summed E-state index contributed by atoms with van der Waals surface area (Å²) in [5.41, 5.74) is 3.03. The zero-order valence-electron chi connectivity index (χ0n) is 12.4. The Hall–Kier alpha value is -1.68. The lowest BCUT2D eigenvalue weighted by Gasteiger charge is -2.19. The van der Waals surface area contributed by atoms with Crippen LogP contribution in [0.15, 0.2) is 29.8 Å². The number of amides is 1. The molecule has 0 bridgehead atoms. The third kappa shape index (κ3) is 3.00. The van der Waals surface area contributed by atoms with Crippen molar-refractivity contribution >= 4 is 17.2 Å². The molecule has 2 unspecified atom stereocenters. The summed E-state index contributed by atoms with van der Waals surface area (Å²) in [6.07, 6.45) is 5.08. The first kappa shape index (κ1) is 14.3. The van der Waals surface area contributed by atoms with Crippen molar-refractivity contribution in [3.05, 3.63) is 51.5 Å². The first-order valence-corrected chi connectivity index (χ1v) is 8.34. The number of hydrogen-bond donors (Lipinski definition) is 1. The van der Waals surface area contributed by atoms with Crippen LogP contribution < -0.4 is 5.32 Å². The molecule has 0 aliphatic heterocycles. The molecule has 2 atom stereocenters. The fourth-order valence-corrected chi connectivity index (χ4v) is 4.09. The molecule has 1 N–H and O–H groups in total. The van der Waals surface area contributed by atoms with Gasteiger partial charge in [0.25, 0.3) is 5.91 Å². The van der Waals surface area contributed by atoms with Crippen LogP contribution in [0.3, 0.4) is 0 Å². The summed E-state index contributed by atoms with van der Waals surface area (Å²) in [6.45, 7) is 4.26. The normalized spacial score (nSPS) is 18.9. The van der Waals surface area contributed by atoms with E-state index in [4.69, 9.17) is 0 Å². The lowest BCUT2D eigenvalue weighted by molar-refractivity contribution is 0.0938. The number of nitrogens with zero attached hydrogens (tertiary/aromatic N) is 1. The Morgan fingerprint density at radius 2 is 2.33 bits per heavy atom. The molecule has 0 fully saturated rings. The number of hydrogen-bond acceptors (Lipinski definition) is 3. The Morgan fingerprint density at radius 1 is 1.48 bits per heavy atom. The van der Waals surface area contributed by atoms with Gasteiger partial charge in [0.2, 0.25) is 0 Å². The van der Waals surface area contributed by atoms with E-state index in [9.17, 15) is 4.79 Å². The number of nitrogens with one attached hydrogen (secondary N) is 1. The minimum absolute atomic E-state index is 0.0280. The van der Waals surface area contributed by atoms with Crippen molar-refractivity contribution in [2.45, 2.75) is 39.2 Å². The lowest BCUT2D eigenvalue weighted by atomic mass is 9.88. The first-order valence-electron chi connectivity index (χ1n) is 7.46. The van der Waals surface area contributed by atoms with Crippen molar-refractivity contribution < 1.29 is 4.79 Å². The van der Waals surface area contributed by atoms with Crippen LogP contribution in [0.2, 0.25) is 0 Å².